The van der Waals surface area contributed by atoms with Crippen LogP contribution in [0.15, 0.2) is 52.9 Å². The number of hydrogen-bond acceptors (Lipinski definition) is 8. The third-order valence-electron chi connectivity index (χ3n) is 4.23. The van der Waals surface area contributed by atoms with Gasteiger partial charge in [-0.15, -0.1) is 10.2 Å². The number of nitrogens with zero attached hydrogens (tertiary/aromatic N) is 3. The Bertz CT molecular complexity index is 983. The van der Waals surface area contributed by atoms with Crippen molar-refractivity contribution in [1.29, 1.82) is 0 Å². The number of aromatic nitrogens is 2. The van der Waals surface area contributed by atoms with E-state index in [1.165, 1.54) is 24.3 Å². The maximum absolute atomic E-state index is 12.2. The molecule has 2 aromatic carbocycles. The molecular formula is C21H21N3O6. The highest BCUT2D eigenvalue weighted by atomic mass is 16.6. The van der Waals surface area contributed by atoms with Crippen molar-refractivity contribution in [2.45, 2.75) is 32.8 Å². The number of carbonyl (C=O) groups excluding carboxylic acids is 1. The lowest BCUT2D eigenvalue weighted by molar-refractivity contribution is -0.384. The van der Waals surface area contributed by atoms with Gasteiger partial charge in [-0.1, -0.05) is 19.8 Å². The van der Waals surface area contributed by atoms with Gasteiger partial charge in [-0.25, -0.2) is 4.79 Å². The summed E-state index contributed by atoms with van der Waals surface area (Å²) in [6.45, 7) is 2.59. The Morgan fingerprint density at radius 3 is 2.47 bits per heavy atom. The Morgan fingerprint density at radius 2 is 1.80 bits per heavy atom. The summed E-state index contributed by atoms with van der Waals surface area (Å²) in [4.78, 5) is 22.4. The van der Waals surface area contributed by atoms with E-state index in [-0.39, 0.29) is 24.1 Å². The van der Waals surface area contributed by atoms with Crippen LogP contribution in [0.3, 0.4) is 0 Å². The summed E-state index contributed by atoms with van der Waals surface area (Å²) in [5, 5.41) is 18.4. The quantitative estimate of drug-likeness (QED) is 0.206. The number of esters is 1. The second-order valence-electron chi connectivity index (χ2n) is 6.46. The molecule has 0 aliphatic carbocycles. The lowest BCUT2D eigenvalue weighted by atomic mass is 10.2. The standard InChI is InChI=1S/C21H21N3O6/c1-2-3-4-13-28-18-11-7-16(8-12-18)21(25)29-14-19-22-23-20(30-19)15-5-9-17(10-6-15)24(26)27/h5-12H,2-4,13-14H2,1H3. The fourth-order valence-corrected chi connectivity index (χ4v) is 2.59. The van der Waals surface area contributed by atoms with Crippen molar-refractivity contribution in [1.82, 2.24) is 10.2 Å². The van der Waals surface area contributed by atoms with E-state index in [4.69, 9.17) is 13.9 Å². The smallest absolute Gasteiger partial charge is 0.338 e. The van der Waals surface area contributed by atoms with E-state index in [9.17, 15) is 14.9 Å². The maximum Gasteiger partial charge on any atom is 0.338 e. The number of ether oxygens (including phenoxy) is 2. The van der Waals surface area contributed by atoms with Crippen LogP contribution >= 0.6 is 0 Å². The maximum atomic E-state index is 12.2. The van der Waals surface area contributed by atoms with Crippen LogP contribution in [-0.2, 0) is 11.3 Å². The molecule has 0 aliphatic rings. The van der Waals surface area contributed by atoms with E-state index < -0.39 is 10.9 Å². The predicted molar refractivity (Wildman–Crippen MR) is 107 cm³/mol. The molecule has 3 aromatic rings. The van der Waals surface area contributed by atoms with Crippen molar-refractivity contribution in [2.24, 2.45) is 0 Å². The Balaban J connectivity index is 1.52. The third kappa shape index (κ3) is 5.63. The second kappa shape index (κ2) is 10.1. The lowest BCUT2D eigenvalue weighted by Crippen LogP contribution is -2.05. The van der Waals surface area contributed by atoms with E-state index in [2.05, 4.69) is 17.1 Å². The monoisotopic (exact) mass is 411 g/mol. The largest absolute Gasteiger partial charge is 0.494 e. The molecule has 0 saturated carbocycles. The van der Waals surface area contributed by atoms with Gasteiger partial charge in [0.2, 0.25) is 5.89 Å². The Hall–Kier alpha value is -3.75. The van der Waals surface area contributed by atoms with Crippen LogP contribution in [0.5, 0.6) is 5.75 Å². The minimum Gasteiger partial charge on any atom is -0.494 e. The first-order valence-electron chi connectivity index (χ1n) is 9.54. The van der Waals surface area contributed by atoms with Gasteiger partial charge in [-0.3, -0.25) is 10.1 Å². The summed E-state index contributed by atoms with van der Waals surface area (Å²) in [7, 11) is 0. The van der Waals surface area contributed by atoms with E-state index >= 15 is 0 Å². The van der Waals surface area contributed by atoms with Gasteiger partial charge >= 0.3 is 5.97 Å². The molecule has 0 aliphatic heterocycles. The summed E-state index contributed by atoms with van der Waals surface area (Å²) in [6.07, 6.45) is 3.24. The zero-order valence-electron chi connectivity index (χ0n) is 16.4. The molecule has 156 valence electrons. The highest BCUT2D eigenvalue weighted by Gasteiger charge is 2.14. The van der Waals surface area contributed by atoms with E-state index in [0.29, 0.717) is 23.5 Å². The summed E-state index contributed by atoms with van der Waals surface area (Å²) in [5.74, 6) is 0.475. The fraction of sp³-hybridized carbons (Fsp3) is 0.286. The lowest BCUT2D eigenvalue weighted by Gasteiger charge is -2.06. The highest BCUT2D eigenvalue weighted by Crippen LogP contribution is 2.21. The van der Waals surface area contributed by atoms with Crippen LogP contribution in [0.1, 0.15) is 42.4 Å². The average Bonchev–Trinajstić information content (AvgIpc) is 3.24. The van der Waals surface area contributed by atoms with Crippen molar-refractivity contribution >= 4 is 11.7 Å². The molecule has 1 heterocycles. The van der Waals surface area contributed by atoms with Crippen LogP contribution < -0.4 is 4.74 Å². The molecule has 0 radical (unpaired) electrons. The molecule has 30 heavy (non-hydrogen) atoms. The molecule has 0 saturated heterocycles. The van der Waals surface area contributed by atoms with Gasteiger partial charge in [0.1, 0.15) is 5.75 Å². The number of hydrogen-bond donors (Lipinski definition) is 0. The first-order chi connectivity index (χ1) is 14.6. The van der Waals surface area contributed by atoms with Gasteiger partial charge in [0, 0.05) is 17.7 Å². The van der Waals surface area contributed by atoms with Crippen LogP contribution in [-0.4, -0.2) is 27.7 Å². The van der Waals surface area contributed by atoms with Crippen LogP contribution in [0.2, 0.25) is 0 Å². The molecule has 1 aromatic heterocycles. The summed E-state index contributed by atoms with van der Waals surface area (Å²) in [5.41, 5.74) is 0.871. The molecule has 0 fully saturated rings. The van der Waals surface area contributed by atoms with Crippen LogP contribution in [0.4, 0.5) is 5.69 Å². The number of nitro groups is 1. The van der Waals surface area contributed by atoms with Gasteiger partial charge in [0.05, 0.1) is 17.1 Å². The number of rotatable bonds is 10. The zero-order chi connectivity index (χ0) is 21.3. The third-order valence-corrected chi connectivity index (χ3v) is 4.23. The summed E-state index contributed by atoms with van der Waals surface area (Å²) >= 11 is 0. The summed E-state index contributed by atoms with van der Waals surface area (Å²) in [6, 6.07) is 12.4. The Kier molecular flexibility index (Phi) is 7.09. The SMILES string of the molecule is CCCCCOc1ccc(C(=O)OCc2nnc(-c3ccc([N+](=O)[O-])cc3)o2)cc1. The van der Waals surface area contributed by atoms with E-state index in [1.807, 2.05) is 0 Å². The number of non-ortho nitro benzene ring substituents is 1. The van der Waals surface area contributed by atoms with Crippen molar-refractivity contribution in [3.05, 3.63) is 70.1 Å². The Morgan fingerprint density at radius 1 is 1.07 bits per heavy atom. The van der Waals surface area contributed by atoms with Crippen molar-refractivity contribution in [2.75, 3.05) is 6.61 Å². The number of benzene rings is 2. The molecule has 0 N–H and O–H groups in total. The van der Waals surface area contributed by atoms with Crippen molar-refractivity contribution < 1.29 is 23.6 Å². The number of unbranched alkanes of at least 4 members (excludes halogenated alkanes) is 2. The molecular weight excluding hydrogens is 390 g/mol. The molecule has 0 unspecified atom stereocenters. The van der Waals surface area contributed by atoms with Crippen LogP contribution in [0.25, 0.3) is 11.5 Å². The van der Waals surface area contributed by atoms with Gasteiger partial charge in [-0.2, -0.15) is 0 Å². The van der Waals surface area contributed by atoms with E-state index in [1.54, 1.807) is 24.3 Å². The van der Waals surface area contributed by atoms with Crippen LogP contribution in [0, 0.1) is 10.1 Å². The minimum atomic E-state index is -0.525. The van der Waals surface area contributed by atoms with Crippen molar-refractivity contribution in [3.63, 3.8) is 0 Å². The molecule has 0 spiro atoms. The van der Waals surface area contributed by atoms with Crippen molar-refractivity contribution in [3.8, 4) is 17.2 Å². The topological polar surface area (TPSA) is 118 Å². The second-order valence-corrected chi connectivity index (χ2v) is 6.46. The van der Waals surface area contributed by atoms with Gasteiger partial charge in [-0.05, 0) is 42.8 Å². The normalized spacial score (nSPS) is 10.6. The predicted octanol–water partition coefficient (Wildman–Crippen LogP) is 4.57. The molecule has 9 heteroatoms. The molecule has 0 amide bonds. The Labute approximate surface area is 172 Å². The molecule has 3 rings (SSSR count). The van der Waals surface area contributed by atoms with Gasteiger partial charge in [0.25, 0.3) is 11.6 Å². The first kappa shape index (κ1) is 21.0. The molecule has 0 bridgehead atoms. The molecule has 9 nitrogen and oxygen atoms in total. The average molecular weight is 411 g/mol. The zero-order valence-corrected chi connectivity index (χ0v) is 16.4. The minimum absolute atomic E-state index is 0.0372. The van der Waals surface area contributed by atoms with Gasteiger partial charge in [0.15, 0.2) is 6.61 Å². The van der Waals surface area contributed by atoms with Gasteiger partial charge < -0.3 is 13.9 Å². The number of nitro benzene ring substituents is 1. The molecule has 0 atom stereocenters. The first-order valence-corrected chi connectivity index (χ1v) is 9.54. The summed E-state index contributed by atoms with van der Waals surface area (Å²) < 4.78 is 16.3. The highest BCUT2D eigenvalue weighted by molar-refractivity contribution is 5.89. The van der Waals surface area contributed by atoms with E-state index in [0.717, 1.165) is 19.3 Å². The number of carbonyl (C=O) groups is 1. The fourth-order valence-electron chi connectivity index (χ4n) is 2.59.